The molecule has 0 atom stereocenters. The second kappa shape index (κ2) is 4.69. The highest BCUT2D eigenvalue weighted by Crippen LogP contribution is 1.97. The van der Waals surface area contributed by atoms with E-state index in [1.807, 2.05) is 0 Å². The summed E-state index contributed by atoms with van der Waals surface area (Å²) in [4.78, 5) is 10.5. The molecule has 1 heterocycles. The van der Waals surface area contributed by atoms with Crippen LogP contribution in [0.5, 0.6) is 0 Å². The standard InChI is InChI=1S/C8H11F2N3O/c1-13-5-6(4-12-13)2-3-11-8(14)7(9)10/h4-5,7H,2-3H2,1H3,(H,11,14). The maximum Gasteiger partial charge on any atom is 0.315 e. The summed E-state index contributed by atoms with van der Waals surface area (Å²) >= 11 is 0. The molecule has 4 nitrogen and oxygen atoms in total. The molecule has 0 aliphatic heterocycles. The van der Waals surface area contributed by atoms with E-state index < -0.39 is 12.3 Å². The Morgan fingerprint density at radius 3 is 2.93 bits per heavy atom. The van der Waals surface area contributed by atoms with Crippen LogP contribution in [0, 0.1) is 0 Å². The molecule has 0 spiro atoms. The zero-order valence-corrected chi connectivity index (χ0v) is 7.70. The van der Waals surface area contributed by atoms with E-state index in [4.69, 9.17) is 0 Å². The van der Waals surface area contributed by atoms with E-state index in [1.165, 1.54) is 0 Å². The summed E-state index contributed by atoms with van der Waals surface area (Å²) < 4.78 is 25.1. The van der Waals surface area contributed by atoms with Crippen LogP contribution in [0.15, 0.2) is 12.4 Å². The summed E-state index contributed by atoms with van der Waals surface area (Å²) in [5, 5.41) is 6.02. The van der Waals surface area contributed by atoms with Gasteiger partial charge >= 0.3 is 6.43 Å². The molecule has 0 bridgehead atoms. The van der Waals surface area contributed by atoms with Crippen LogP contribution >= 0.6 is 0 Å². The van der Waals surface area contributed by atoms with Gasteiger partial charge in [-0.1, -0.05) is 0 Å². The number of nitrogens with zero attached hydrogens (tertiary/aromatic N) is 2. The SMILES string of the molecule is Cn1cc(CCNC(=O)C(F)F)cn1. The Bertz CT molecular complexity index is 311. The van der Waals surface area contributed by atoms with Gasteiger partial charge in [-0.15, -0.1) is 0 Å². The van der Waals surface area contributed by atoms with Crippen LogP contribution in [0.4, 0.5) is 8.78 Å². The maximum atomic E-state index is 11.7. The highest BCUT2D eigenvalue weighted by atomic mass is 19.3. The van der Waals surface area contributed by atoms with E-state index in [2.05, 4.69) is 10.4 Å². The van der Waals surface area contributed by atoms with Crippen molar-refractivity contribution in [1.29, 1.82) is 0 Å². The highest BCUT2D eigenvalue weighted by molar-refractivity contribution is 5.78. The zero-order valence-electron chi connectivity index (χ0n) is 7.70. The molecule has 0 radical (unpaired) electrons. The molecule has 0 aliphatic carbocycles. The van der Waals surface area contributed by atoms with E-state index >= 15 is 0 Å². The summed E-state index contributed by atoms with van der Waals surface area (Å²) in [6.07, 6.45) is 0.971. The fraction of sp³-hybridized carbons (Fsp3) is 0.500. The van der Waals surface area contributed by atoms with Gasteiger partial charge in [-0.05, 0) is 12.0 Å². The number of hydrogen-bond acceptors (Lipinski definition) is 2. The maximum absolute atomic E-state index is 11.7. The van der Waals surface area contributed by atoms with Crippen LogP contribution in [-0.2, 0) is 18.3 Å². The lowest BCUT2D eigenvalue weighted by molar-refractivity contribution is -0.131. The average molecular weight is 203 g/mol. The van der Waals surface area contributed by atoms with Crippen LogP contribution in [0.1, 0.15) is 5.56 Å². The van der Waals surface area contributed by atoms with Crippen LogP contribution < -0.4 is 5.32 Å². The third-order valence-electron chi connectivity index (χ3n) is 1.67. The van der Waals surface area contributed by atoms with Crippen molar-refractivity contribution in [2.24, 2.45) is 7.05 Å². The molecule has 6 heteroatoms. The topological polar surface area (TPSA) is 46.9 Å². The number of aryl methyl sites for hydroxylation is 1. The number of carbonyl (C=O) groups is 1. The molecule has 78 valence electrons. The van der Waals surface area contributed by atoms with E-state index in [1.54, 1.807) is 24.1 Å². The second-order valence-electron chi connectivity index (χ2n) is 2.86. The van der Waals surface area contributed by atoms with Gasteiger partial charge in [0.1, 0.15) is 0 Å². The average Bonchev–Trinajstić information content (AvgIpc) is 2.51. The first-order valence-corrected chi connectivity index (χ1v) is 4.13. The fourth-order valence-electron chi connectivity index (χ4n) is 1.01. The van der Waals surface area contributed by atoms with Crippen molar-refractivity contribution < 1.29 is 13.6 Å². The third kappa shape index (κ3) is 3.12. The number of nitrogens with one attached hydrogen (secondary N) is 1. The largest absolute Gasteiger partial charge is 0.351 e. The normalized spacial score (nSPS) is 10.6. The Labute approximate surface area is 79.9 Å². The smallest absolute Gasteiger partial charge is 0.315 e. The van der Waals surface area contributed by atoms with Crippen molar-refractivity contribution >= 4 is 5.91 Å². The molecule has 0 saturated carbocycles. The summed E-state index contributed by atoms with van der Waals surface area (Å²) in [5.74, 6) is -1.23. The number of halogens is 2. The minimum Gasteiger partial charge on any atom is -0.351 e. The molecule has 1 N–H and O–H groups in total. The first-order chi connectivity index (χ1) is 6.59. The second-order valence-corrected chi connectivity index (χ2v) is 2.86. The minimum atomic E-state index is -2.94. The number of hydrogen-bond donors (Lipinski definition) is 1. The van der Waals surface area contributed by atoms with Gasteiger partial charge < -0.3 is 5.32 Å². The summed E-state index contributed by atoms with van der Waals surface area (Å²) in [6, 6.07) is 0. The Kier molecular flexibility index (Phi) is 3.55. The lowest BCUT2D eigenvalue weighted by atomic mass is 10.2. The molecule has 1 aromatic heterocycles. The van der Waals surface area contributed by atoms with Crippen molar-refractivity contribution in [3.05, 3.63) is 18.0 Å². The monoisotopic (exact) mass is 203 g/mol. The summed E-state index contributed by atoms with van der Waals surface area (Å²) in [5.41, 5.74) is 0.905. The molecule has 0 aliphatic rings. The van der Waals surface area contributed by atoms with Crippen molar-refractivity contribution in [3.8, 4) is 0 Å². The lowest BCUT2D eigenvalue weighted by Crippen LogP contribution is -2.31. The first kappa shape index (κ1) is 10.6. The Hall–Kier alpha value is -1.46. The summed E-state index contributed by atoms with van der Waals surface area (Å²) in [7, 11) is 1.77. The van der Waals surface area contributed by atoms with E-state index in [9.17, 15) is 13.6 Å². The van der Waals surface area contributed by atoms with Crippen LogP contribution in [-0.4, -0.2) is 28.7 Å². The van der Waals surface area contributed by atoms with Crippen LogP contribution in [0.3, 0.4) is 0 Å². The van der Waals surface area contributed by atoms with E-state index in [0.717, 1.165) is 5.56 Å². The van der Waals surface area contributed by atoms with Crippen LogP contribution in [0.25, 0.3) is 0 Å². The Morgan fingerprint density at radius 1 is 1.71 bits per heavy atom. The molecule has 1 aromatic rings. The van der Waals surface area contributed by atoms with E-state index in [-0.39, 0.29) is 6.54 Å². The molecule has 14 heavy (non-hydrogen) atoms. The molecule has 1 amide bonds. The molecule has 0 unspecified atom stereocenters. The van der Waals surface area contributed by atoms with Crippen molar-refractivity contribution in [1.82, 2.24) is 15.1 Å². The zero-order chi connectivity index (χ0) is 10.6. The van der Waals surface area contributed by atoms with Crippen LogP contribution in [0.2, 0.25) is 0 Å². The van der Waals surface area contributed by atoms with Gasteiger partial charge in [0.2, 0.25) is 0 Å². The van der Waals surface area contributed by atoms with Gasteiger partial charge in [0, 0.05) is 19.8 Å². The Balaban J connectivity index is 2.25. The van der Waals surface area contributed by atoms with Gasteiger partial charge in [0.25, 0.3) is 5.91 Å². The molecule has 0 fully saturated rings. The number of carbonyl (C=O) groups excluding carboxylic acids is 1. The van der Waals surface area contributed by atoms with Gasteiger partial charge in [-0.3, -0.25) is 9.48 Å². The van der Waals surface area contributed by atoms with Gasteiger partial charge in [0.15, 0.2) is 0 Å². The highest BCUT2D eigenvalue weighted by Gasteiger charge is 2.13. The van der Waals surface area contributed by atoms with Crippen molar-refractivity contribution in [3.63, 3.8) is 0 Å². The van der Waals surface area contributed by atoms with Gasteiger partial charge in [-0.25, -0.2) is 0 Å². The molecular weight excluding hydrogens is 192 g/mol. The number of rotatable bonds is 4. The Morgan fingerprint density at radius 2 is 2.43 bits per heavy atom. The molecule has 0 aromatic carbocycles. The van der Waals surface area contributed by atoms with Crippen molar-refractivity contribution in [2.45, 2.75) is 12.8 Å². The molecular formula is C8H11F2N3O. The fourth-order valence-corrected chi connectivity index (χ4v) is 1.01. The third-order valence-corrected chi connectivity index (χ3v) is 1.67. The molecule has 1 rings (SSSR count). The summed E-state index contributed by atoms with van der Waals surface area (Å²) in [6.45, 7) is 0.203. The van der Waals surface area contributed by atoms with E-state index in [0.29, 0.717) is 6.42 Å². The van der Waals surface area contributed by atoms with Gasteiger partial charge in [-0.2, -0.15) is 13.9 Å². The first-order valence-electron chi connectivity index (χ1n) is 4.13. The number of alkyl halides is 2. The quantitative estimate of drug-likeness (QED) is 0.767. The predicted molar refractivity (Wildman–Crippen MR) is 45.9 cm³/mol. The minimum absolute atomic E-state index is 0.203. The molecule has 0 saturated heterocycles. The predicted octanol–water partition coefficient (Wildman–Crippen LogP) is 0.344. The lowest BCUT2D eigenvalue weighted by Gasteiger charge is -2.01. The van der Waals surface area contributed by atoms with Gasteiger partial charge in [0.05, 0.1) is 6.20 Å². The van der Waals surface area contributed by atoms with Crippen molar-refractivity contribution in [2.75, 3.05) is 6.54 Å². The number of aromatic nitrogens is 2. The number of amides is 1.